The van der Waals surface area contributed by atoms with Gasteiger partial charge in [-0.05, 0) is 79.1 Å². The van der Waals surface area contributed by atoms with Crippen LogP contribution in [-0.2, 0) is 12.0 Å². The summed E-state index contributed by atoms with van der Waals surface area (Å²) >= 11 is 0. The summed E-state index contributed by atoms with van der Waals surface area (Å²) in [5.74, 6) is 0. The highest BCUT2D eigenvalue weighted by Crippen LogP contribution is 2.44. The van der Waals surface area contributed by atoms with Gasteiger partial charge in [0.25, 0.3) is 0 Å². The van der Waals surface area contributed by atoms with E-state index in [1.54, 1.807) is 0 Å². The highest BCUT2D eigenvalue weighted by molar-refractivity contribution is 5.54. The average Bonchev–Trinajstić information content (AvgIpc) is 2.72. The molecule has 3 rings (SSSR count). The van der Waals surface area contributed by atoms with E-state index in [1.807, 2.05) is 18.2 Å². The molecule has 2 heteroatoms. The van der Waals surface area contributed by atoms with E-state index in [1.165, 1.54) is 16.7 Å². The number of benzene rings is 2. The van der Waals surface area contributed by atoms with E-state index < -0.39 is 5.60 Å². The number of anilines is 1. The molecule has 0 bridgehead atoms. The number of hydrogen-bond donors (Lipinski definition) is 2. The van der Waals surface area contributed by atoms with E-state index in [0.29, 0.717) is 0 Å². The molecule has 0 radical (unpaired) electrons. The second-order valence-corrected chi connectivity index (χ2v) is 6.03. The van der Waals surface area contributed by atoms with Gasteiger partial charge in [0.2, 0.25) is 0 Å². The van der Waals surface area contributed by atoms with Crippen LogP contribution in [0.4, 0.5) is 5.69 Å². The molecular formula is C18H21NO. The van der Waals surface area contributed by atoms with E-state index in [9.17, 15) is 5.11 Å². The van der Waals surface area contributed by atoms with Gasteiger partial charge >= 0.3 is 0 Å². The van der Waals surface area contributed by atoms with E-state index in [0.717, 1.165) is 35.2 Å². The Balaban J connectivity index is 2.19. The van der Waals surface area contributed by atoms with Crippen LogP contribution in [0.25, 0.3) is 0 Å². The number of aryl methyl sites for hydroxylation is 4. The van der Waals surface area contributed by atoms with Gasteiger partial charge < -0.3 is 10.8 Å². The quantitative estimate of drug-likeness (QED) is 0.778. The molecule has 2 aromatic rings. The van der Waals surface area contributed by atoms with Crippen molar-refractivity contribution >= 4 is 5.69 Å². The Morgan fingerprint density at radius 1 is 0.950 bits per heavy atom. The van der Waals surface area contributed by atoms with Crippen LogP contribution in [-0.4, -0.2) is 5.11 Å². The molecule has 1 aliphatic rings. The van der Waals surface area contributed by atoms with Crippen LogP contribution in [0.15, 0.2) is 30.3 Å². The summed E-state index contributed by atoms with van der Waals surface area (Å²) in [4.78, 5) is 0. The molecule has 0 aliphatic heterocycles. The number of nitrogens with two attached hydrogens (primary N) is 1. The van der Waals surface area contributed by atoms with Gasteiger partial charge in [-0.1, -0.05) is 18.2 Å². The largest absolute Gasteiger partial charge is 0.399 e. The maximum atomic E-state index is 11.3. The predicted octanol–water partition coefficient (Wildman–Crippen LogP) is 3.38. The minimum absolute atomic E-state index is 0.731. The van der Waals surface area contributed by atoms with Crippen LogP contribution in [0.1, 0.15) is 39.8 Å². The molecule has 3 N–H and O–H groups in total. The van der Waals surface area contributed by atoms with Gasteiger partial charge in [0.1, 0.15) is 5.60 Å². The van der Waals surface area contributed by atoms with Crippen molar-refractivity contribution in [1.82, 2.24) is 0 Å². The van der Waals surface area contributed by atoms with Crippen molar-refractivity contribution in [3.8, 4) is 0 Å². The SMILES string of the molecule is Cc1cc(C)c(C2(O)CCc3cc(N)ccc32)cc1C. The summed E-state index contributed by atoms with van der Waals surface area (Å²) < 4.78 is 0. The first kappa shape index (κ1) is 13.2. The lowest BCUT2D eigenvalue weighted by Crippen LogP contribution is -2.25. The van der Waals surface area contributed by atoms with Gasteiger partial charge in [-0.2, -0.15) is 0 Å². The smallest absolute Gasteiger partial charge is 0.115 e. The highest BCUT2D eigenvalue weighted by atomic mass is 16.3. The molecule has 1 unspecified atom stereocenters. The third-order valence-corrected chi connectivity index (χ3v) is 4.62. The van der Waals surface area contributed by atoms with Gasteiger partial charge in [0, 0.05) is 5.69 Å². The van der Waals surface area contributed by atoms with Crippen LogP contribution in [0.2, 0.25) is 0 Å². The number of rotatable bonds is 1. The van der Waals surface area contributed by atoms with Crippen molar-refractivity contribution < 1.29 is 5.11 Å². The second-order valence-electron chi connectivity index (χ2n) is 6.03. The number of aliphatic hydroxyl groups is 1. The molecule has 1 atom stereocenters. The summed E-state index contributed by atoms with van der Waals surface area (Å²) in [6.07, 6.45) is 1.61. The fourth-order valence-corrected chi connectivity index (χ4v) is 3.36. The molecule has 0 heterocycles. The lowest BCUT2D eigenvalue weighted by Gasteiger charge is -2.27. The maximum Gasteiger partial charge on any atom is 0.115 e. The van der Waals surface area contributed by atoms with Crippen molar-refractivity contribution in [2.24, 2.45) is 0 Å². The fourth-order valence-electron chi connectivity index (χ4n) is 3.36. The monoisotopic (exact) mass is 267 g/mol. The minimum atomic E-state index is -0.869. The lowest BCUT2D eigenvalue weighted by atomic mass is 9.83. The van der Waals surface area contributed by atoms with Crippen molar-refractivity contribution in [2.45, 2.75) is 39.2 Å². The molecule has 0 fully saturated rings. The zero-order valence-corrected chi connectivity index (χ0v) is 12.3. The van der Waals surface area contributed by atoms with Crippen molar-refractivity contribution in [1.29, 1.82) is 0 Å². The molecular weight excluding hydrogens is 246 g/mol. The average molecular weight is 267 g/mol. The first-order valence-corrected chi connectivity index (χ1v) is 7.11. The highest BCUT2D eigenvalue weighted by Gasteiger charge is 2.39. The zero-order valence-electron chi connectivity index (χ0n) is 12.3. The van der Waals surface area contributed by atoms with Crippen LogP contribution in [0, 0.1) is 20.8 Å². The van der Waals surface area contributed by atoms with Crippen LogP contribution < -0.4 is 5.73 Å². The van der Waals surface area contributed by atoms with E-state index in [4.69, 9.17) is 5.73 Å². The molecule has 0 saturated heterocycles. The molecule has 0 aromatic heterocycles. The van der Waals surface area contributed by atoms with Crippen LogP contribution >= 0.6 is 0 Å². The third-order valence-electron chi connectivity index (χ3n) is 4.62. The Morgan fingerprint density at radius 3 is 2.40 bits per heavy atom. The maximum absolute atomic E-state index is 11.3. The van der Waals surface area contributed by atoms with Gasteiger partial charge in [-0.3, -0.25) is 0 Å². The molecule has 20 heavy (non-hydrogen) atoms. The summed E-state index contributed by atoms with van der Waals surface area (Å²) in [5, 5.41) is 11.3. The summed E-state index contributed by atoms with van der Waals surface area (Å²) in [7, 11) is 0. The minimum Gasteiger partial charge on any atom is -0.399 e. The number of nitrogen functional groups attached to an aromatic ring is 1. The van der Waals surface area contributed by atoms with E-state index in [-0.39, 0.29) is 0 Å². The van der Waals surface area contributed by atoms with Crippen LogP contribution in [0.3, 0.4) is 0 Å². The van der Waals surface area contributed by atoms with E-state index >= 15 is 0 Å². The lowest BCUT2D eigenvalue weighted by molar-refractivity contribution is 0.0822. The van der Waals surface area contributed by atoms with Crippen molar-refractivity contribution in [3.63, 3.8) is 0 Å². The zero-order chi connectivity index (χ0) is 14.5. The molecule has 0 spiro atoms. The van der Waals surface area contributed by atoms with E-state index in [2.05, 4.69) is 32.9 Å². The standard InChI is InChI=1S/C18H21NO/c1-11-8-13(3)17(9-12(11)2)18(20)7-6-14-10-15(19)4-5-16(14)18/h4-5,8-10,20H,6-7,19H2,1-3H3. The summed E-state index contributed by atoms with van der Waals surface area (Å²) in [5.41, 5.74) is 12.6. The van der Waals surface area contributed by atoms with Crippen molar-refractivity contribution in [3.05, 3.63) is 63.7 Å². The molecule has 1 aliphatic carbocycles. The fraction of sp³-hybridized carbons (Fsp3) is 0.333. The van der Waals surface area contributed by atoms with Gasteiger partial charge in [-0.15, -0.1) is 0 Å². The van der Waals surface area contributed by atoms with Gasteiger partial charge in [0.05, 0.1) is 0 Å². The second kappa shape index (κ2) is 4.35. The molecule has 104 valence electrons. The number of hydrogen-bond acceptors (Lipinski definition) is 2. The predicted molar refractivity (Wildman–Crippen MR) is 82.8 cm³/mol. The Labute approximate surface area is 120 Å². The van der Waals surface area contributed by atoms with Crippen molar-refractivity contribution in [2.75, 3.05) is 5.73 Å². The topological polar surface area (TPSA) is 46.2 Å². The van der Waals surface area contributed by atoms with Gasteiger partial charge in [-0.25, -0.2) is 0 Å². The molecule has 0 saturated carbocycles. The molecule has 2 nitrogen and oxygen atoms in total. The Morgan fingerprint density at radius 2 is 1.65 bits per heavy atom. The summed E-state index contributed by atoms with van der Waals surface area (Å²) in [6, 6.07) is 10.1. The Hall–Kier alpha value is -1.80. The molecule has 2 aromatic carbocycles. The third kappa shape index (κ3) is 1.83. The molecule has 0 amide bonds. The summed E-state index contributed by atoms with van der Waals surface area (Å²) in [6.45, 7) is 6.29. The number of fused-ring (bicyclic) bond motifs is 1. The normalized spacial score (nSPS) is 21.0. The van der Waals surface area contributed by atoms with Crippen LogP contribution in [0.5, 0.6) is 0 Å². The first-order chi connectivity index (χ1) is 9.41. The Bertz CT molecular complexity index is 690. The first-order valence-electron chi connectivity index (χ1n) is 7.11. The van der Waals surface area contributed by atoms with Gasteiger partial charge in [0.15, 0.2) is 0 Å². The Kier molecular flexibility index (Phi) is 2.87.